The predicted octanol–water partition coefficient (Wildman–Crippen LogP) is 1.82. The first-order valence-electron chi connectivity index (χ1n) is 4.60. The Morgan fingerprint density at radius 3 is 2.81 bits per heavy atom. The molecule has 0 spiro atoms. The molecule has 0 aliphatic heterocycles. The van der Waals surface area contributed by atoms with E-state index in [1.54, 1.807) is 18.2 Å². The number of aromatic hydroxyl groups is 1. The molecule has 2 rings (SSSR count). The van der Waals surface area contributed by atoms with Gasteiger partial charge in [-0.3, -0.25) is 4.79 Å². The molecular weight excluding hydrogens is 208 g/mol. The largest absolute Gasteiger partial charge is 0.506 e. The van der Waals surface area contributed by atoms with Gasteiger partial charge in [-0.2, -0.15) is 0 Å². The van der Waals surface area contributed by atoms with Gasteiger partial charge in [0.05, 0.1) is 12.0 Å². The number of phenols is 1. The number of nitrogen functional groups attached to an aromatic ring is 1. The Kier molecular flexibility index (Phi) is 2.51. The maximum absolute atomic E-state index is 11.6. The van der Waals surface area contributed by atoms with Crippen LogP contribution >= 0.6 is 0 Å². The molecular formula is C11H10N2O3. The van der Waals surface area contributed by atoms with Gasteiger partial charge in [0, 0.05) is 11.8 Å². The van der Waals surface area contributed by atoms with E-state index in [1.807, 2.05) is 0 Å². The second kappa shape index (κ2) is 3.98. The van der Waals surface area contributed by atoms with Crippen LogP contribution in [0.15, 0.2) is 41.0 Å². The molecule has 0 unspecified atom stereocenters. The third-order valence-electron chi connectivity index (χ3n) is 2.03. The molecule has 0 atom stereocenters. The topological polar surface area (TPSA) is 88.5 Å². The van der Waals surface area contributed by atoms with Crippen molar-refractivity contribution in [2.75, 3.05) is 11.1 Å². The Morgan fingerprint density at radius 1 is 1.38 bits per heavy atom. The molecule has 0 radical (unpaired) electrons. The highest BCUT2D eigenvalue weighted by Gasteiger charge is 2.09. The fraction of sp³-hybridized carbons (Fsp3) is 0. The van der Waals surface area contributed by atoms with E-state index in [1.165, 1.54) is 18.4 Å². The first-order chi connectivity index (χ1) is 7.66. The number of anilines is 2. The van der Waals surface area contributed by atoms with Crippen LogP contribution in [-0.2, 0) is 0 Å². The van der Waals surface area contributed by atoms with Crippen molar-refractivity contribution in [3.05, 3.63) is 42.4 Å². The summed E-state index contributed by atoms with van der Waals surface area (Å²) in [6.45, 7) is 0. The van der Waals surface area contributed by atoms with E-state index >= 15 is 0 Å². The molecule has 0 fully saturated rings. The first kappa shape index (κ1) is 10.1. The number of nitrogens with one attached hydrogen (secondary N) is 1. The number of hydrogen-bond acceptors (Lipinski definition) is 4. The average Bonchev–Trinajstić information content (AvgIpc) is 2.77. The molecule has 82 valence electrons. The third kappa shape index (κ3) is 1.98. The van der Waals surface area contributed by atoms with E-state index in [0.717, 1.165) is 0 Å². The Balaban J connectivity index is 2.15. The van der Waals surface area contributed by atoms with Crippen molar-refractivity contribution < 1.29 is 14.3 Å². The molecule has 1 heterocycles. The summed E-state index contributed by atoms with van der Waals surface area (Å²) in [5, 5.41) is 11.9. The number of benzene rings is 1. The summed E-state index contributed by atoms with van der Waals surface area (Å²) in [7, 11) is 0. The van der Waals surface area contributed by atoms with Crippen molar-refractivity contribution in [3.63, 3.8) is 0 Å². The minimum absolute atomic E-state index is 0.0720. The van der Waals surface area contributed by atoms with Crippen molar-refractivity contribution in [3.8, 4) is 5.75 Å². The maximum atomic E-state index is 11.6. The molecule has 5 nitrogen and oxygen atoms in total. The lowest BCUT2D eigenvalue weighted by atomic mass is 10.2. The molecule has 2 aromatic rings. The third-order valence-corrected chi connectivity index (χ3v) is 2.03. The summed E-state index contributed by atoms with van der Waals surface area (Å²) in [6.07, 6.45) is 1.41. The smallest absolute Gasteiger partial charge is 0.291 e. The standard InChI is InChI=1S/C11H10N2O3/c12-8-4-3-7(6-9(8)14)13-11(15)10-2-1-5-16-10/h1-6,14H,12H2,(H,13,15). The molecule has 5 heteroatoms. The van der Waals surface area contributed by atoms with Gasteiger partial charge in [0.15, 0.2) is 5.76 Å². The molecule has 0 aliphatic carbocycles. The lowest BCUT2D eigenvalue weighted by Crippen LogP contribution is -2.10. The highest BCUT2D eigenvalue weighted by molar-refractivity contribution is 6.02. The number of hydrogen-bond donors (Lipinski definition) is 3. The molecule has 1 amide bonds. The normalized spacial score (nSPS) is 10.0. The van der Waals surface area contributed by atoms with Gasteiger partial charge in [0.25, 0.3) is 5.91 Å². The van der Waals surface area contributed by atoms with Gasteiger partial charge in [-0.05, 0) is 24.3 Å². The van der Waals surface area contributed by atoms with Crippen molar-refractivity contribution in [2.45, 2.75) is 0 Å². The van der Waals surface area contributed by atoms with Crippen LogP contribution in [0.2, 0.25) is 0 Å². The molecule has 1 aromatic heterocycles. The zero-order chi connectivity index (χ0) is 11.5. The monoisotopic (exact) mass is 218 g/mol. The van der Waals surface area contributed by atoms with Crippen molar-refractivity contribution >= 4 is 17.3 Å². The van der Waals surface area contributed by atoms with Crippen LogP contribution in [0.3, 0.4) is 0 Å². The Morgan fingerprint density at radius 2 is 2.19 bits per heavy atom. The van der Waals surface area contributed by atoms with Crippen LogP contribution in [0.25, 0.3) is 0 Å². The molecule has 0 bridgehead atoms. The van der Waals surface area contributed by atoms with Crippen LogP contribution in [-0.4, -0.2) is 11.0 Å². The van der Waals surface area contributed by atoms with Crippen molar-refractivity contribution in [1.82, 2.24) is 0 Å². The van der Waals surface area contributed by atoms with Crippen molar-refractivity contribution in [1.29, 1.82) is 0 Å². The lowest BCUT2D eigenvalue weighted by molar-refractivity contribution is 0.0996. The molecule has 16 heavy (non-hydrogen) atoms. The number of amides is 1. The van der Waals surface area contributed by atoms with Gasteiger partial charge in [-0.15, -0.1) is 0 Å². The predicted molar refractivity (Wildman–Crippen MR) is 59.2 cm³/mol. The number of phenolic OH excluding ortho intramolecular Hbond substituents is 1. The Labute approximate surface area is 91.5 Å². The van der Waals surface area contributed by atoms with Crippen LogP contribution in [0.1, 0.15) is 10.6 Å². The van der Waals surface area contributed by atoms with Gasteiger partial charge in [-0.1, -0.05) is 0 Å². The average molecular weight is 218 g/mol. The number of furan rings is 1. The highest BCUT2D eigenvalue weighted by atomic mass is 16.3. The van der Waals surface area contributed by atoms with Crippen LogP contribution < -0.4 is 11.1 Å². The minimum atomic E-state index is -0.380. The van der Waals surface area contributed by atoms with E-state index in [9.17, 15) is 9.90 Å². The molecule has 0 saturated heterocycles. The van der Waals surface area contributed by atoms with Crippen LogP contribution in [0, 0.1) is 0 Å². The molecule has 1 aromatic carbocycles. The van der Waals surface area contributed by atoms with Crippen molar-refractivity contribution in [2.24, 2.45) is 0 Å². The second-order valence-corrected chi connectivity index (χ2v) is 3.21. The van der Waals surface area contributed by atoms with Gasteiger partial charge >= 0.3 is 0 Å². The minimum Gasteiger partial charge on any atom is -0.506 e. The lowest BCUT2D eigenvalue weighted by Gasteiger charge is -2.04. The first-order valence-corrected chi connectivity index (χ1v) is 4.60. The summed E-state index contributed by atoms with van der Waals surface area (Å²) in [6, 6.07) is 7.64. The SMILES string of the molecule is Nc1ccc(NC(=O)c2ccco2)cc1O. The summed E-state index contributed by atoms with van der Waals surface area (Å²) in [4.78, 5) is 11.6. The van der Waals surface area contributed by atoms with E-state index in [-0.39, 0.29) is 23.1 Å². The van der Waals surface area contributed by atoms with E-state index in [2.05, 4.69) is 5.32 Å². The van der Waals surface area contributed by atoms with E-state index in [0.29, 0.717) is 5.69 Å². The highest BCUT2D eigenvalue weighted by Crippen LogP contribution is 2.23. The van der Waals surface area contributed by atoms with Gasteiger partial charge < -0.3 is 20.6 Å². The number of nitrogens with two attached hydrogens (primary N) is 1. The van der Waals surface area contributed by atoms with E-state index < -0.39 is 0 Å². The summed E-state index contributed by atoms with van der Waals surface area (Å²) >= 11 is 0. The molecule has 0 saturated carbocycles. The zero-order valence-electron chi connectivity index (χ0n) is 8.31. The Bertz CT molecular complexity index is 506. The summed E-state index contributed by atoms with van der Waals surface area (Å²) < 4.78 is 4.92. The second-order valence-electron chi connectivity index (χ2n) is 3.21. The zero-order valence-corrected chi connectivity index (χ0v) is 8.31. The fourth-order valence-corrected chi connectivity index (χ4v) is 1.22. The maximum Gasteiger partial charge on any atom is 0.291 e. The number of carbonyl (C=O) groups excluding carboxylic acids is 1. The molecule has 4 N–H and O–H groups in total. The van der Waals surface area contributed by atoms with Crippen LogP contribution in [0.4, 0.5) is 11.4 Å². The van der Waals surface area contributed by atoms with E-state index in [4.69, 9.17) is 10.2 Å². The Hall–Kier alpha value is -2.43. The summed E-state index contributed by atoms with van der Waals surface area (Å²) in [5.41, 5.74) is 6.15. The van der Waals surface area contributed by atoms with Gasteiger partial charge in [0.2, 0.25) is 0 Å². The van der Waals surface area contributed by atoms with Gasteiger partial charge in [0.1, 0.15) is 5.75 Å². The molecule has 0 aliphatic rings. The quantitative estimate of drug-likeness (QED) is 0.530. The van der Waals surface area contributed by atoms with Crippen LogP contribution in [0.5, 0.6) is 5.75 Å². The number of rotatable bonds is 2. The van der Waals surface area contributed by atoms with Gasteiger partial charge in [-0.25, -0.2) is 0 Å². The number of carbonyl (C=O) groups is 1. The fourth-order valence-electron chi connectivity index (χ4n) is 1.22. The summed E-state index contributed by atoms with van der Waals surface area (Å²) in [5.74, 6) is -0.247.